The fourth-order valence-corrected chi connectivity index (χ4v) is 4.20. The summed E-state index contributed by atoms with van der Waals surface area (Å²) in [6, 6.07) is 8.91. The van der Waals surface area contributed by atoms with Crippen LogP contribution in [0.25, 0.3) is 0 Å². The van der Waals surface area contributed by atoms with E-state index in [9.17, 15) is 9.59 Å². The maximum absolute atomic E-state index is 13.2. The largest absolute Gasteiger partial charge is 0.370 e. The Morgan fingerprint density at radius 1 is 0.900 bits per heavy atom. The second kappa shape index (κ2) is 9.75. The molecule has 2 aromatic rings. The van der Waals surface area contributed by atoms with Gasteiger partial charge in [0, 0.05) is 8.04 Å². The maximum atomic E-state index is 13.2. The van der Waals surface area contributed by atoms with E-state index in [1.54, 1.807) is 44.2 Å². The lowest BCUT2D eigenvalue weighted by Crippen LogP contribution is -2.60. The van der Waals surface area contributed by atoms with Crippen LogP contribution in [0.2, 0.25) is 0 Å². The summed E-state index contributed by atoms with van der Waals surface area (Å²) in [6.45, 7) is 3.54. The first-order chi connectivity index (χ1) is 14.0. The number of hydrogen-bond donors (Lipinski definition) is 6. The van der Waals surface area contributed by atoms with Crippen molar-refractivity contribution in [2.45, 2.75) is 13.8 Å². The Hall–Kier alpha value is -2.87. The Bertz CT molecular complexity index is 907. The molecule has 0 atom stereocenters. The molecule has 0 saturated carbocycles. The fourth-order valence-electron chi connectivity index (χ4n) is 2.70. The number of carbonyl (C=O) groups excluding carboxylic acids is 2. The lowest BCUT2D eigenvalue weighted by atomic mass is 10.1. The topological polar surface area (TPSA) is 164 Å². The highest BCUT2D eigenvalue weighted by Gasteiger charge is 2.34. The minimum atomic E-state index is -0.852. The van der Waals surface area contributed by atoms with Crippen LogP contribution < -0.4 is 32.1 Å². The number of hydrogen-bond acceptors (Lipinski definition) is 4. The lowest BCUT2D eigenvalue weighted by Gasteiger charge is -2.36. The zero-order chi connectivity index (χ0) is 22.6. The Morgan fingerprint density at radius 3 is 1.77 bits per heavy atom. The van der Waals surface area contributed by atoms with E-state index in [4.69, 9.17) is 22.3 Å². The molecule has 2 aromatic carbocycles. The number of urea groups is 2. The van der Waals surface area contributed by atoms with Crippen molar-refractivity contribution in [2.75, 3.05) is 10.0 Å². The number of anilines is 2. The van der Waals surface area contributed by atoms with Gasteiger partial charge in [0.05, 0.1) is 11.4 Å². The van der Waals surface area contributed by atoms with Gasteiger partial charge in [-0.2, -0.15) is 10.0 Å². The van der Waals surface area contributed by atoms with Crippen LogP contribution in [-0.2, 0) is 0 Å². The maximum Gasteiger partial charge on any atom is 0.348 e. The molecule has 4 amide bonds. The van der Waals surface area contributed by atoms with E-state index in [0.717, 1.165) is 10.0 Å². The quantitative estimate of drug-likeness (QED) is 0.138. The van der Waals surface area contributed by atoms with E-state index in [1.165, 1.54) is 0 Å². The third-order valence-corrected chi connectivity index (χ3v) is 5.38. The molecule has 0 aliphatic rings. The van der Waals surface area contributed by atoms with Crippen LogP contribution in [0.15, 0.2) is 40.9 Å². The zero-order valence-electron chi connectivity index (χ0n) is 16.1. The van der Waals surface area contributed by atoms with E-state index in [0.29, 0.717) is 30.5 Å². The van der Waals surface area contributed by atoms with Crippen LogP contribution in [0, 0.1) is 28.2 Å². The van der Waals surface area contributed by atoms with Crippen LogP contribution in [0.3, 0.4) is 0 Å². The van der Waals surface area contributed by atoms with Gasteiger partial charge < -0.3 is 11.5 Å². The Morgan fingerprint density at radius 2 is 1.33 bits per heavy atom. The number of nitrogens with zero attached hydrogens (tertiary/aromatic N) is 2. The van der Waals surface area contributed by atoms with Crippen molar-refractivity contribution in [3.63, 3.8) is 0 Å². The molecule has 0 radical (unpaired) electrons. The number of halogens is 2. The first-order valence-corrected chi connectivity index (χ1v) is 10.3. The summed E-state index contributed by atoms with van der Waals surface area (Å²) in [5.41, 5.74) is 12.8. The Labute approximate surface area is 195 Å². The summed E-state index contributed by atoms with van der Waals surface area (Å²) in [5, 5.41) is 21.5. The van der Waals surface area contributed by atoms with Crippen molar-refractivity contribution in [1.82, 2.24) is 10.6 Å². The van der Waals surface area contributed by atoms with Crippen molar-refractivity contribution >= 4 is 73.9 Å². The molecule has 2 rings (SSSR count). The molecule has 158 valence electrons. The average Bonchev–Trinajstić information content (AvgIpc) is 2.61. The molecule has 0 spiro atoms. The van der Waals surface area contributed by atoms with Crippen LogP contribution >= 0.6 is 38.5 Å². The van der Waals surface area contributed by atoms with Crippen LogP contribution in [0.1, 0.15) is 11.1 Å². The molecule has 0 saturated heterocycles. The minimum Gasteiger partial charge on any atom is -0.370 e. The van der Waals surface area contributed by atoms with Gasteiger partial charge in [0.15, 0.2) is 11.9 Å². The van der Waals surface area contributed by atoms with Gasteiger partial charge in [-0.05, 0) is 75.6 Å². The highest BCUT2D eigenvalue weighted by atomic mass is 127. The number of nitrogens with two attached hydrogens (primary N) is 2. The van der Waals surface area contributed by atoms with Gasteiger partial charge >= 0.3 is 12.1 Å². The number of carbonyl (C=O) groups is 2. The van der Waals surface area contributed by atoms with Gasteiger partial charge in [-0.15, -0.1) is 0 Å². The molecule has 0 bridgehead atoms. The molecule has 0 heterocycles. The molecule has 12 heteroatoms. The number of hydrazine groups is 1. The summed E-state index contributed by atoms with van der Waals surface area (Å²) in [5.74, 6) is -1.19. The van der Waals surface area contributed by atoms with Crippen LogP contribution in [-0.4, -0.2) is 24.0 Å². The summed E-state index contributed by atoms with van der Waals surface area (Å²) >= 11 is 5.47. The van der Waals surface area contributed by atoms with Gasteiger partial charge in [0.1, 0.15) is 0 Å². The smallest absolute Gasteiger partial charge is 0.348 e. The molecule has 0 aliphatic heterocycles. The number of aryl methyl sites for hydroxylation is 2. The highest BCUT2D eigenvalue weighted by Crippen LogP contribution is 2.35. The number of nitrogens with one attached hydrogen (secondary N) is 4. The highest BCUT2D eigenvalue weighted by molar-refractivity contribution is 14.1. The second-order valence-electron chi connectivity index (χ2n) is 6.12. The second-order valence-corrected chi connectivity index (χ2v) is 8.14. The summed E-state index contributed by atoms with van der Waals surface area (Å²) in [7, 11) is 0. The molecule has 10 nitrogen and oxygen atoms in total. The molecule has 0 aliphatic carbocycles. The van der Waals surface area contributed by atoms with Gasteiger partial charge in [0.2, 0.25) is 0 Å². The Balaban J connectivity index is 2.84. The number of amides is 4. The molecule has 0 aromatic heterocycles. The standard InChI is InChI=1S/C18H20BrIN8O2/c1-9-5-3-7-11(19)13(9)27(17(29)25-15(21)22)28(18(30)26-16(23)24)14-10(2)6-4-8-12(14)20/h3-8H,1-2H3,(H4,21,22,25,29)(H4,23,24,26,30). The van der Waals surface area contributed by atoms with E-state index >= 15 is 0 Å². The summed E-state index contributed by atoms with van der Waals surface area (Å²) in [4.78, 5) is 26.3. The van der Waals surface area contributed by atoms with E-state index in [1.807, 2.05) is 28.7 Å². The molecule has 0 fully saturated rings. The number of guanidine groups is 2. The van der Waals surface area contributed by atoms with Crippen LogP contribution in [0.5, 0.6) is 0 Å². The van der Waals surface area contributed by atoms with Gasteiger partial charge in [-0.25, -0.2) is 9.59 Å². The normalized spacial score (nSPS) is 10.1. The minimum absolute atomic E-state index is 0.342. The first-order valence-electron chi connectivity index (χ1n) is 8.45. The molecule has 30 heavy (non-hydrogen) atoms. The zero-order valence-corrected chi connectivity index (χ0v) is 19.8. The number of rotatable bonds is 2. The third-order valence-electron chi connectivity index (χ3n) is 3.87. The van der Waals surface area contributed by atoms with Crippen molar-refractivity contribution in [3.05, 3.63) is 55.6 Å². The number of benzene rings is 2. The lowest BCUT2D eigenvalue weighted by molar-refractivity contribution is 0.241. The molecule has 0 unspecified atom stereocenters. The van der Waals surface area contributed by atoms with Gasteiger partial charge in [-0.3, -0.25) is 21.5 Å². The summed E-state index contributed by atoms with van der Waals surface area (Å²) in [6.07, 6.45) is 0. The van der Waals surface area contributed by atoms with E-state index < -0.39 is 24.0 Å². The van der Waals surface area contributed by atoms with Gasteiger partial charge in [-0.1, -0.05) is 24.3 Å². The third kappa shape index (κ3) is 5.18. The predicted octanol–water partition coefficient (Wildman–Crippen LogP) is 3.10. The SMILES string of the molecule is Cc1cccc(Br)c1N(C(=O)NC(=N)N)N(C(=O)NC(=N)N)c1c(C)cccc1I. The fraction of sp³-hybridized carbons (Fsp3) is 0.111. The molecular weight excluding hydrogens is 567 g/mol. The van der Waals surface area contributed by atoms with E-state index in [2.05, 4.69) is 26.6 Å². The van der Waals surface area contributed by atoms with E-state index in [-0.39, 0.29) is 0 Å². The average molecular weight is 587 g/mol. The van der Waals surface area contributed by atoms with Crippen molar-refractivity contribution in [3.8, 4) is 0 Å². The number of para-hydroxylation sites is 2. The van der Waals surface area contributed by atoms with Gasteiger partial charge in [0.25, 0.3) is 0 Å². The van der Waals surface area contributed by atoms with Crippen molar-refractivity contribution in [1.29, 1.82) is 10.8 Å². The monoisotopic (exact) mass is 586 g/mol. The first kappa shape index (κ1) is 23.4. The Kier molecular flexibility index (Phi) is 7.61. The van der Waals surface area contributed by atoms with Crippen molar-refractivity contribution in [2.24, 2.45) is 11.5 Å². The van der Waals surface area contributed by atoms with Crippen LogP contribution in [0.4, 0.5) is 21.0 Å². The molecular formula is C18H20BrIN8O2. The van der Waals surface area contributed by atoms with Crippen molar-refractivity contribution < 1.29 is 9.59 Å². The molecule has 8 N–H and O–H groups in total. The summed E-state index contributed by atoms with van der Waals surface area (Å²) < 4.78 is 1.18. The predicted molar refractivity (Wildman–Crippen MR) is 129 cm³/mol.